The first-order chi connectivity index (χ1) is 13.8. The Morgan fingerprint density at radius 2 is 1.79 bits per heavy atom. The van der Waals surface area contributed by atoms with Crippen molar-refractivity contribution in [3.63, 3.8) is 0 Å². The molecule has 29 heavy (non-hydrogen) atoms. The molecule has 1 unspecified atom stereocenters. The van der Waals surface area contributed by atoms with Crippen LogP contribution in [0.5, 0.6) is 0 Å². The van der Waals surface area contributed by atoms with E-state index in [0.29, 0.717) is 11.1 Å². The molecule has 0 aromatic heterocycles. The number of nitrogens with zero attached hydrogens (tertiary/aromatic N) is 2. The van der Waals surface area contributed by atoms with Crippen LogP contribution >= 0.6 is 0 Å². The van der Waals surface area contributed by atoms with Gasteiger partial charge in [0.15, 0.2) is 0 Å². The van der Waals surface area contributed by atoms with Crippen LogP contribution in [0, 0.1) is 5.41 Å². The number of hydrogen-bond acceptors (Lipinski definition) is 6. The summed E-state index contributed by atoms with van der Waals surface area (Å²) in [7, 11) is 1.97. The minimum atomic E-state index is -0.930. The van der Waals surface area contributed by atoms with Gasteiger partial charge in [-0.05, 0) is 49.9 Å². The topological polar surface area (TPSA) is 98.8 Å². The van der Waals surface area contributed by atoms with Gasteiger partial charge >= 0.3 is 0 Å². The van der Waals surface area contributed by atoms with Gasteiger partial charge in [-0.2, -0.15) is 0 Å². The van der Waals surface area contributed by atoms with E-state index in [1.165, 1.54) is 0 Å². The van der Waals surface area contributed by atoms with Gasteiger partial charge in [-0.3, -0.25) is 29.4 Å². The monoisotopic (exact) mass is 398 g/mol. The molecule has 1 atom stereocenters. The van der Waals surface area contributed by atoms with E-state index >= 15 is 0 Å². The number of carbonyl (C=O) groups excluding carboxylic acids is 4. The molecule has 2 fully saturated rings. The molecule has 3 aliphatic rings. The predicted octanol–water partition coefficient (Wildman–Crippen LogP) is 0.914. The van der Waals surface area contributed by atoms with Gasteiger partial charge in [-0.15, -0.1) is 0 Å². The summed E-state index contributed by atoms with van der Waals surface area (Å²) in [5, 5.41) is 5.48. The van der Waals surface area contributed by atoms with Gasteiger partial charge in [0.2, 0.25) is 11.8 Å². The van der Waals surface area contributed by atoms with Crippen LogP contribution in [0.15, 0.2) is 18.2 Å². The highest BCUT2D eigenvalue weighted by Crippen LogP contribution is 2.35. The van der Waals surface area contributed by atoms with E-state index in [1.807, 2.05) is 13.1 Å². The zero-order valence-electron chi connectivity index (χ0n) is 16.8. The fraction of sp³-hybridized carbons (Fsp3) is 0.524. The molecule has 0 spiro atoms. The molecular weight excluding hydrogens is 372 g/mol. The fourth-order valence-corrected chi connectivity index (χ4v) is 4.56. The third-order valence-corrected chi connectivity index (χ3v) is 6.36. The molecule has 4 rings (SSSR count). The van der Waals surface area contributed by atoms with Crippen LogP contribution in [0.2, 0.25) is 0 Å². The van der Waals surface area contributed by atoms with Crippen LogP contribution in [0.25, 0.3) is 0 Å². The lowest BCUT2D eigenvalue weighted by atomic mass is 9.80. The van der Waals surface area contributed by atoms with Crippen LogP contribution in [0.3, 0.4) is 0 Å². The van der Waals surface area contributed by atoms with Gasteiger partial charge < -0.3 is 10.2 Å². The standard InChI is InChI=1S/C21H26N4O4/c1-21(12-22-2)7-9-24(10-8-21)13-3-4-14-15(11-13)20(29)25(19(14)28)16-5-6-17(26)23-18(16)27/h3-4,11,16,22H,5-10,12H2,1-2H3,(H,23,26,27). The maximum Gasteiger partial charge on any atom is 0.262 e. The van der Waals surface area contributed by atoms with Crippen LogP contribution < -0.4 is 15.5 Å². The summed E-state index contributed by atoms with van der Waals surface area (Å²) in [6, 6.07) is 4.39. The van der Waals surface area contributed by atoms with Gasteiger partial charge in [0.05, 0.1) is 11.1 Å². The molecule has 2 N–H and O–H groups in total. The molecule has 154 valence electrons. The average Bonchev–Trinajstić information content (AvgIpc) is 2.93. The van der Waals surface area contributed by atoms with Crippen molar-refractivity contribution in [2.24, 2.45) is 5.41 Å². The van der Waals surface area contributed by atoms with Crippen LogP contribution in [0.4, 0.5) is 5.69 Å². The molecule has 3 aliphatic heterocycles. The minimum absolute atomic E-state index is 0.119. The van der Waals surface area contributed by atoms with Crippen molar-refractivity contribution in [2.75, 3.05) is 31.6 Å². The summed E-state index contributed by atoms with van der Waals surface area (Å²) >= 11 is 0. The van der Waals surface area contributed by atoms with E-state index in [2.05, 4.69) is 22.5 Å². The van der Waals surface area contributed by atoms with Gasteiger partial charge in [0.25, 0.3) is 11.8 Å². The maximum absolute atomic E-state index is 13.0. The van der Waals surface area contributed by atoms with Crippen molar-refractivity contribution in [2.45, 2.75) is 38.6 Å². The van der Waals surface area contributed by atoms with Crippen molar-refractivity contribution in [1.29, 1.82) is 0 Å². The van der Waals surface area contributed by atoms with Crippen molar-refractivity contribution in [3.05, 3.63) is 29.3 Å². The Balaban J connectivity index is 1.53. The first-order valence-corrected chi connectivity index (χ1v) is 10.1. The quantitative estimate of drug-likeness (QED) is 0.732. The van der Waals surface area contributed by atoms with Crippen molar-refractivity contribution in [1.82, 2.24) is 15.5 Å². The number of imide groups is 2. The van der Waals surface area contributed by atoms with Gasteiger partial charge in [0.1, 0.15) is 6.04 Å². The lowest BCUT2D eigenvalue weighted by Gasteiger charge is -2.40. The van der Waals surface area contributed by atoms with Gasteiger partial charge in [-0.1, -0.05) is 6.92 Å². The normalized spacial score (nSPS) is 24.0. The highest BCUT2D eigenvalue weighted by molar-refractivity contribution is 6.23. The average molecular weight is 398 g/mol. The zero-order chi connectivity index (χ0) is 20.8. The first-order valence-electron chi connectivity index (χ1n) is 10.1. The molecule has 0 aliphatic carbocycles. The molecule has 1 aromatic rings. The number of anilines is 1. The first kappa shape index (κ1) is 19.6. The molecule has 2 saturated heterocycles. The molecular formula is C21H26N4O4. The van der Waals surface area contributed by atoms with E-state index in [9.17, 15) is 19.2 Å². The van der Waals surface area contributed by atoms with E-state index in [1.54, 1.807) is 12.1 Å². The summed E-state index contributed by atoms with van der Waals surface area (Å²) in [5.74, 6) is -1.89. The minimum Gasteiger partial charge on any atom is -0.371 e. The molecule has 8 nitrogen and oxygen atoms in total. The SMILES string of the molecule is CNCC1(C)CCN(c2ccc3c(c2)C(=O)N(C2CCC(=O)NC2=O)C3=O)CC1. The maximum atomic E-state index is 13.0. The number of rotatable bonds is 4. The lowest BCUT2D eigenvalue weighted by Crippen LogP contribution is -2.54. The second-order valence-corrected chi connectivity index (χ2v) is 8.51. The predicted molar refractivity (Wildman–Crippen MR) is 107 cm³/mol. The molecule has 0 radical (unpaired) electrons. The van der Waals surface area contributed by atoms with E-state index in [4.69, 9.17) is 0 Å². The number of carbonyl (C=O) groups is 4. The van der Waals surface area contributed by atoms with E-state index in [-0.39, 0.29) is 24.2 Å². The van der Waals surface area contributed by atoms with E-state index in [0.717, 1.165) is 43.1 Å². The highest BCUT2D eigenvalue weighted by atomic mass is 16.2. The van der Waals surface area contributed by atoms with Crippen molar-refractivity contribution in [3.8, 4) is 0 Å². The second kappa shape index (κ2) is 7.26. The van der Waals surface area contributed by atoms with Crippen LogP contribution in [-0.4, -0.2) is 61.3 Å². The third-order valence-electron chi connectivity index (χ3n) is 6.36. The number of amides is 4. The smallest absolute Gasteiger partial charge is 0.262 e. The Morgan fingerprint density at radius 3 is 2.45 bits per heavy atom. The number of benzene rings is 1. The summed E-state index contributed by atoms with van der Waals surface area (Å²) < 4.78 is 0. The summed E-state index contributed by atoms with van der Waals surface area (Å²) in [4.78, 5) is 52.6. The molecule has 0 saturated carbocycles. The van der Waals surface area contributed by atoms with Gasteiger partial charge in [0, 0.05) is 31.7 Å². The van der Waals surface area contributed by atoms with Gasteiger partial charge in [-0.25, -0.2) is 0 Å². The Labute approximate surface area is 169 Å². The van der Waals surface area contributed by atoms with Crippen LogP contribution in [0.1, 0.15) is 53.3 Å². The summed E-state index contributed by atoms with van der Waals surface area (Å²) in [5.41, 5.74) is 1.83. The molecule has 0 bridgehead atoms. The molecule has 8 heteroatoms. The second-order valence-electron chi connectivity index (χ2n) is 8.51. The Kier molecular flexibility index (Phi) is 4.90. The molecule has 4 amide bonds. The fourth-order valence-electron chi connectivity index (χ4n) is 4.56. The zero-order valence-corrected chi connectivity index (χ0v) is 16.8. The Morgan fingerprint density at radius 1 is 1.10 bits per heavy atom. The Bertz CT molecular complexity index is 889. The van der Waals surface area contributed by atoms with E-state index < -0.39 is 23.8 Å². The Hall–Kier alpha value is -2.74. The number of fused-ring (bicyclic) bond motifs is 1. The molecule has 3 heterocycles. The third kappa shape index (κ3) is 3.42. The molecule has 1 aromatic carbocycles. The van der Waals surface area contributed by atoms with Crippen molar-refractivity contribution < 1.29 is 19.2 Å². The lowest BCUT2D eigenvalue weighted by molar-refractivity contribution is -0.136. The largest absolute Gasteiger partial charge is 0.371 e. The van der Waals surface area contributed by atoms with Crippen molar-refractivity contribution >= 4 is 29.3 Å². The number of nitrogens with one attached hydrogen (secondary N) is 2. The highest BCUT2D eigenvalue weighted by Gasteiger charge is 2.44. The summed E-state index contributed by atoms with van der Waals surface area (Å²) in [6.07, 6.45) is 2.37. The number of piperidine rings is 2. The number of hydrogen-bond donors (Lipinski definition) is 2. The van der Waals surface area contributed by atoms with Crippen LogP contribution in [-0.2, 0) is 9.59 Å². The summed E-state index contributed by atoms with van der Waals surface area (Å²) in [6.45, 7) is 5.02.